The molecule has 37 heavy (non-hydrogen) atoms. The molecule has 1 aromatic rings. The third-order valence-electron chi connectivity index (χ3n) is 5.55. The predicted molar refractivity (Wildman–Crippen MR) is 174 cm³/mol. The van der Waals surface area contributed by atoms with Gasteiger partial charge in [0.25, 0.3) is 0 Å². The van der Waals surface area contributed by atoms with Crippen LogP contribution in [0.4, 0.5) is 0 Å². The molecule has 0 saturated heterocycles. The molecule has 0 N–H and O–H groups in total. The van der Waals surface area contributed by atoms with Crippen molar-refractivity contribution in [1.29, 1.82) is 0 Å². The van der Waals surface area contributed by atoms with Crippen molar-refractivity contribution < 1.29 is 26.2 Å². The summed E-state index contributed by atoms with van der Waals surface area (Å²) in [6.07, 6.45) is 15.2. The normalized spacial score (nSPS) is 10.2. The van der Waals surface area contributed by atoms with E-state index in [0.29, 0.717) is 0 Å². The number of hydrogen-bond donors (Lipinski definition) is 0. The summed E-state index contributed by atoms with van der Waals surface area (Å²) in [5.74, 6) is 0. The maximum absolute atomic E-state index is 4.35. The summed E-state index contributed by atoms with van der Waals surface area (Å²) in [6, 6.07) is 8.69. The monoisotopic (exact) mass is 611 g/mol. The van der Waals surface area contributed by atoms with E-state index in [9.17, 15) is 0 Å². The summed E-state index contributed by atoms with van der Waals surface area (Å²) in [6.45, 7) is 26.8. The molecule has 0 aromatic heterocycles. The van der Waals surface area contributed by atoms with E-state index in [-0.39, 0.29) is 26.2 Å². The molecule has 0 fully saturated rings. The van der Waals surface area contributed by atoms with E-state index in [1.54, 1.807) is 5.19 Å². The molecule has 0 atom stereocenters. The minimum Gasteiger partial charge on any atom is -0.662 e. The van der Waals surface area contributed by atoms with E-state index < -0.39 is 8.07 Å². The summed E-state index contributed by atoms with van der Waals surface area (Å²) in [7, 11) is -0.981. The SMILES string of the molecule is CCCC[N-]CCCC.CCCC[N-]CCCC.CCCC[N-]CCCC.C[Si](C)(C)[c-]1cccc1.[Zr+4]. The third-order valence-corrected chi connectivity index (χ3v) is 7.61. The third kappa shape index (κ3) is 43.6. The second-order valence-electron chi connectivity index (χ2n) is 10.6. The van der Waals surface area contributed by atoms with Crippen LogP contribution in [0, 0.1) is 0 Å². The zero-order valence-electron chi connectivity index (χ0n) is 26.9. The number of unbranched alkanes of at least 4 members (excludes halogenated alkanes) is 6. The molecule has 1 rings (SSSR count). The van der Waals surface area contributed by atoms with Crippen molar-refractivity contribution >= 4 is 13.3 Å². The van der Waals surface area contributed by atoms with Gasteiger partial charge in [0, 0.05) is 8.07 Å². The van der Waals surface area contributed by atoms with Crippen LogP contribution >= 0.6 is 0 Å². The Morgan fingerprint density at radius 2 is 0.676 bits per heavy atom. The molecule has 0 amide bonds. The topological polar surface area (TPSA) is 42.3 Å². The largest absolute Gasteiger partial charge is 4.00 e. The molecule has 0 unspecified atom stereocenters. The summed E-state index contributed by atoms with van der Waals surface area (Å²) < 4.78 is 0. The first-order valence-electron chi connectivity index (χ1n) is 15.5. The van der Waals surface area contributed by atoms with Gasteiger partial charge in [0.2, 0.25) is 0 Å². The van der Waals surface area contributed by atoms with Gasteiger partial charge < -0.3 is 16.0 Å². The maximum atomic E-state index is 4.35. The van der Waals surface area contributed by atoms with Crippen molar-refractivity contribution in [3.63, 3.8) is 0 Å². The van der Waals surface area contributed by atoms with Gasteiger partial charge in [-0.3, -0.25) is 0 Å². The summed E-state index contributed by atoms with van der Waals surface area (Å²) in [4.78, 5) is 0. The van der Waals surface area contributed by atoms with Crippen molar-refractivity contribution in [1.82, 2.24) is 0 Å². The summed E-state index contributed by atoms with van der Waals surface area (Å²) >= 11 is 0. The van der Waals surface area contributed by atoms with Gasteiger partial charge in [-0.25, -0.2) is 12.1 Å². The average Bonchev–Trinajstić information content (AvgIpc) is 3.41. The van der Waals surface area contributed by atoms with Crippen LogP contribution in [0.1, 0.15) is 119 Å². The molecule has 0 aliphatic carbocycles. The quantitative estimate of drug-likeness (QED) is 0.0847. The van der Waals surface area contributed by atoms with Gasteiger partial charge in [-0.05, 0) is 0 Å². The fraction of sp³-hybridized carbons (Fsp3) is 0.844. The van der Waals surface area contributed by atoms with Crippen LogP contribution in [0.25, 0.3) is 16.0 Å². The Hall–Kier alpha value is 0.330. The first-order valence-corrected chi connectivity index (χ1v) is 19.0. The number of nitrogens with zero attached hydrogens (tertiary/aromatic N) is 3. The van der Waals surface area contributed by atoms with E-state index in [4.69, 9.17) is 0 Å². The van der Waals surface area contributed by atoms with Crippen LogP contribution < -0.4 is 5.19 Å². The average molecular weight is 613 g/mol. The molecule has 0 spiro atoms. The molecule has 0 aliphatic rings. The molecule has 1 aromatic carbocycles. The standard InChI is InChI=1S/3C8H18N.C8H13Si.Zr/c3*1-3-5-7-9-8-6-4-2;1-9(2,3)8-6-4-5-7-8;/h3*3-8H2,1-2H3;4-7H,1-3H3;/q4*-1;+4. The Kier molecular flexibility index (Phi) is 46.1. The Morgan fingerprint density at radius 1 is 0.459 bits per heavy atom. The van der Waals surface area contributed by atoms with Crippen LogP contribution in [0.3, 0.4) is 0 Å². The van der Waals surface area contributed by atoms with Crippen molar-refractivity contribution in [2.45, 2.75) is 138 Å². The molecule has 0 bridgehead atoms. The smallest absolute Gasteiger partial charge is 0.662 e. The van der Waals surface area contributed by atoms with E-state index in [0.717, 1.165) is 39.3 Å². The first kappa shape index (κ1) is 44.4. The van der Waals surface area contributed by atoms with Crippen LogP contribution in [0.5, 0.6) is 0 Å². The van der Waals surface area contributed by atoms with Gasteiger partial charge in [0.1, 0.15) is 0 Å². The molecule has 0 saturated carbocycles. The van der Waals surface area contributed by atoms with E-state index >= 15 is 0 Å². The molecular weight excluding hydrogens is 546 g/mol. The van der Waals surface area contributed by atoms with Crippen LogP contribution in [0.15, 0.2) is 24.3 Å². The van der Waals surface area contributed by atoms with E-state index in [1.165, 1.54) is 77.0 Å². The minimum atomic E-state index is -0.981. The Labute approximate surface area is 256 Å². The predicted octanol–water partition coefficient (Wildman–Crippen LogP) is 10.8. The summed E-state index contributed by atoms with van der Waals surface area (Å²) in [5.41, 5.74) is 0. The fourth-order valence-electron chi connectivity index (χ4n) is 2.83. The van der Waals surface area contributed by atoms with Crippen LogP contribution in [0.2, 0.25) is 19.6 Å². The zero-order valence-corrected chi connectivity index (χ0v) is 30.3. The Balaban J connectivity index is -0.000000194. The Morgan fingerprint density at radius 3 is 0.811 bits per heavy atom. The van der Waals surface area contributed by atoms with Crippen molar-refractivity contribution in [2.24, 2.45) is 0 Å². The second-order valence-corrected chi connectivity index (χ2v) is 15.6. The van der Waals surface area contributed by atoms with Gasteiger partial charge in [0.05, 0.1) is 0 Å². The minimum absolute atomic E-state index is 0. The second kappa shape index (κ2) is 38.5. The van der Waals surface area contributed by atoms with Crippen molar-refractivity contribution in [3.05, 3.63) is 40.2 Å². The Bertz CT molecular complexity index is 410. The van der Waals surface area contributed by atoms with E-state index in [2.05, 4.69) is 101 Å². The number of hydrogen-bond acceptors (Lipinski definition) is 0. The van der Waals surface area contributed by atoms with Crippen LogP contribution in [-0.4, -0.2) is 47.3 Å². The summed E-state index contributed by atoms with van der Waals surface area (Å²) in [5, 5.41) is 14.6. The molecule has 218 valence electrons. The molecular formula is C32H67N3SiZr. The van der Waals surface area contributed by atoms with Gasteiger partial charge in [-0.2, -0.15) is 17.3 Å². The maximum Gasteiger partial charge on any atom is 4.00 e. The van der Waals surface area contributed by atoms with Crippen molar-refractivity contribution in [3.8, 4) is 0 Å². The van der Waals surface area contributed by atoms with Crippen molar-refractivity contribution in [2.75, 3.05) is 39.3 Å². The van der Waals surface area contributed by atoms with Crippen LogP contribution in [-0.2, 0) is 26.2 Å². The molecule has 0 radical (unpaired) electrons. The first-order chi connectivity index (χ1) is 17.3. The molecule has 0 aliphatic heterocycles. The van der Waals surface area contributed by atoms with Gasteiger partial charge in [-0.15, -0.1) is 39.3 Å². The van der Waals surface area contributed by atoms with E-state index in [1.807, 2.05) is 0 Å². The molecule has 0 heterocycles. The molecule has 5 heteroatoms. The molecule has 3 nitrogen and oxygen atoms in total. The van der Waals surface area contributed by atoms with Gasteiger partial charge in [0.15, 0.2) is 0 Å². The fourth-order valence-corrected chi connectivity index (χ4v) is 4.02. The van der Waals surface area contributed by atoms with Gasteiger partial charge in [-0.1, -0.05) is 138 Å². The number of rotatable bonds is 19. The van der Waals surface area contributed by atoms with Gasteiger partial charge >= 0.3 is 26.2 Å². The zero-order chi connectivity index (χ0) is 27.8.